The van der Waals surface area contributed by atoms with Crippen LogP contribution in [0.5, 0.6) is 0 Å². The zero-order chi connectivity index (χ0) is 8.24. The molecule has 0 aromatic carbocycles. The van der Waals surface area contributed by atoms with Crippen molar-refractivity contribution in [2.75, 3.05) is 40.3 Å². The molecule has 0 saturated heterocycles. The molecule has 0 fully saturated rings. The maximum atomic E-state index is 4.90. The first-order valence-corrected chi connectivity index (χ1v) is 3.52. The molecule has 4 nitrogen and oxygen atoms in total. The lowest BCUT2D eigenvalue weighted by Crippen LogP contribution is -2.21. The van der Waals surface area contributed by atoms with Gasteiger partial charge in [0.25, 0.3) is 0 Å². The van der Waals surface area contributed by atoms with Crippen LogP contribution < -0.4 is 22.1 Å². The van der Waals surface area contributed by atoms with Crippen LogP contribution in [0.1, 0.15) is 7.43 Å². The van der Waals surface area contributed by atoms with Gasteiger partial charge < -0.3 is 22.1 Å². The topological polar surface area (TPSA) is 76.1 Å². The van der Waals surface area contributed by atoms with Crippen LogP contribution in [0, 0.1) is 0 Å². The highest BCUT2D eigenvalue weighted by Crippen LogP contribution is 1.45. The van der Waals surface area contributed by atoms with Crippen LogP contribution in [0.3, 0.4) is 0 Å². The van der Waals surface area contributed by atoms with Crippen LogP contribution in [0.4, 0.5) is 0 Å². The SMILES string of the molecule is C.CNCCNC.NCCN. The maximum Gasteiger partial charge on any atom is 0.00736 e. The predicted molar refractivity (Wildman–Crippen MR) is 52.7 cm³/mol. The molecule has 0 atom stereocenters. The van der Waals surface area contributed by atoms with Crippen molar-refractivity contribution in [2.24, 2.45) is 11.5 Å². The van der Waals surface area contributed by atoms with E-state index in [0.717, 1.165) is 13.1 Å². The van der Waals surface area contributed by atoms with Gasteiger partial charge in [-0.3, -0.25) is 0 Å². The van der Waals surface area contributed by atoms with Gasteiger partial charge in [0, 0.05) is 26.2 Å². The third-order valence-corrected chi connectivity index (χ3v) is 0.792. The average Bonchev–Trinajstić information content (AvgIpc) is 2.01. The second-order valence-corrected chi connectivity index (χ2v) is 1.78. The van der Waals surface area contributed by atoms with Gasteiger partial charge in [0.05, 0.1) is 0 Å². The number of nitrogens with one attached hydrogen (secondary N) is 2. The fourth-order valence-electron chi connectivity index (χ4n) is 0.250. The first-order chi connectivity index (χ1) is 4.83. The monoisotopic (exact) mass is 164 g/mol. The minimum Gasteiger partial charge on any atom is -0.329 e. The van der Waals surface area contributed by atoms with E-state index in [1.807, 2.05) is 14.1 Å². The van der Waals surface area contributed by atoms with E-state index in [1.54, 1.807) is 0 Å². The van der Waals surface area contributed by atoms with E-state index in [9.17, 15) is 0 Å². The van der Waals surface area contributed by atoms with Crippen LogP contribution in [0.2, 0.25) is 0 Å². The van der Waals surface area contributed by atoms with E-state index >= 15 is 0 Å². The van der Waals surface area contributed by atoms with Crippen molar-refractivity contribution >= 4 is 0 Å². The summed E-state index contributed by atoms with van der Waals surface area (Å²) in [6.45, 7) is 3.30. The van der Waals surface area contributed by atoms with Gasteiger partial charge in [0.2, 0.25) is 0 Å². The summed E-state index contributed by atoms with van der Waals surface area (Å²) in [4.78, 5) is 0. The van der Waals surface area contributed by atoms with Gasteiger partial charge >= 0.3 is 0 Å². The first kappa shape index (κ1) is 17.1. The highest BCUT2D eigenvalue weighted by atomic mass is 14.9. The minimum atomic E-state index is 0. The van der Waals surface area contributed by atoms with Crippen molar-refractivity contribution in [1.29, 1.82) is 0 Å². The fourth-order valence-corrected chi connectivity index (χ4v) is 0.250. The van der Waals surface area contributed by atoms with Crippen LogP contribution >= 0.6 is 0 Å². The van der Waals surface area contributed by atoms with Crippen LogP contribution in [0.25, 0.3) is 0 Å². The smallest absolute Gasteiger partial charge is 0.00736 e. The highest BCUT2D eigenvalue weighted by molar-refractivity contribution is 4.38. The van der Waals surface area contributed by atoms with Crippen molar-refractivity contribution in [2.45, 2.75) is 7.43 Å². The molecule has 0 aliphatic heterocycles. The minimum absolute atomic E-state index is 0. The van der Waals surface area contributed by atoms with Crippen LogP contribution in [-0.4, -0.2) is 40.3 Å². The Morgan fingerprint density at radius 1 is 0.909 bits per heavy atom. The summed E-state index contributed by atoms with van der Waals surface area (Å²) in [6.07, 6.45) is 0. The molecule has 0 saturated carbocycles. The van der Waals surface area contributed by atoms with Gasteiger partial charge in [-0.05, 0) is 14.1 Å². The summed E-state index contributed by atoms with van der Waals surface area (Å²) in [7, 11) is 3.88. The number of hydrogen-bond acceptors (Lipinski definition) is 4. The second-order valence-electron chi connectivity index (χ2n) is 1.78. The highest BCUT2D eigenvalue weighted by Gasteiger charge is 1.70. The van der Waals surface area contributed by atoms with Gasteiger partial charge in [-0.25, -0.2) is 0 Å². The molecule has 72 valence electrons. The molecule has 6 N–H and O–H groups in total. The fraction of sp³-hybridized carbons (Fsp3) is 1.00. The van der Waals surface area contributed by atoms with Gasteiger partial charge in [-0.15, -0.1) is 0 Å². The van der Waals surface area contributed by atoms with Crippen molar-refractivity contribution in [3.63, 3.8) is 0 Å². The van der Waals surface area contributed by atoms with E-state index in [2.05, 4.69) is 10.6 Å². The third-order valence-electron chi connectivity index (χ3n) is 0.792. The van der Waals surface area contributed by atoms with E-state index in [-0.39, 0.29) is 7.43 Å². The Labute approximate surface area is 70.7 Å². The third kappa shape index (κ3) is 41.0. The molecule has 0 aliphatic carbocycles. The molecule has 0 bridgehead atoms. The maximum absolute atomic E-state index is 4.90. The van der Waals surface area contributed by atoms with E-state index in [0.29, 0.717) is 13.1 Å². The molecule has 0 radical (unpaired) electrons. The summed E-state index contributed by atoms with van der Waals surface area (Å²) in [5.74, 6) is 0. The first-order valence-electron chi connectivity index (χ1n) is 3.52. The molecule has 4 heteroatoms. The quantitative estimate of drug-likeness (QED) is 0.401. The lowest BCUT2D eigenvalue weighted by atomic mass is 10.6. The largest absolute Gasteiger partial charge is 0.329 e. The number of rotatable bonds is 4. The van der Waals surface area contributed by atoms with E-state index in [1.165, 1.54) is 0 Å². The lowest BCUT2D eigenvalue weighted by molar-refractivity contribution is 0.718. The molecule has 11 heavy (non-hydrogen) atoms. The second kappa shape index (κ2) is 22.5. The normalized spacial score (nSPS) is 7.64. The van der Waals surface area contributed by atoms with Crippen molar-refractivity contribution in [1.82, 2.24) is 10.6 Å². The molecular weight excluding hydrogens is 140 g/mol. The van der Waals surface area contributed by atoms with Crippen molar-refractivity contribution in [3.05, 3.63) is 0 Å². The Morgan fingerprint density at radius 3 is 1.27 bits per heavy atom. The zero-order valence-corrected chi connectivity index (χ0v) is 6.98. The predicted octanol–water partition coefficient (Wildman–Crippen LogP) is -1.03. The van der Waals surface area contributed by atoms with Gasteiger partial charge in [-0.2, -0.15) is 0 Å². The molecule has 0 rings (SSSR count). The van der Waals surface area contributed by atoms with Crippen LogP contribution in [-0.2, 0) is 0 Å². The lowest BCUT2D eigenvalue weighted by Gasteiger charge is -1.92. The Bertz CT molecular complexity index is 35.4. The average molecular weight is 164 g/mol. The summed E-state index contributed by atoms with van der Waals surface area (Å²) >= 11 is 0. The van der Waals surface area contributed by atoms with E-state index < -0.39 is 0 Å². The van der Waals surface area contributed by atoms with Gasteiger partial charge in [-0.1, -0.05) is 7.43 Å². The summed E-state index contributed by atoms with van der Waals surface area (Å²) < 4.78 is 0. The Balaban J connectivity index is -0.000000114. The Hall–Kier alpha value is -0.160. The Kier molecular flexibility index (Phi) is 35.0. The summed E-state index contributed by atoms with van der Waals surface area (Å²) in [5, 5.41) is 6.01. The molecule has 0 aliphatic rings. The molecular formula is C7H24N4. The summed E-state index contributed by atoms with van der Waals surface area (Å²) in [6, 6.07) is 0. The van der Waals surface area contributed by atoms with Crippen molar-refractivity contribution < 1.29 is 0 Å². The number of nitrogens with two attached hydrogens (primary N) is 2. The summed E-state index contributed by atoms with van der Waals surface area (Å²) in [5.41, 5.74) is 9.81. The molecule has 0 amide bonds. The number of likely N-dealkylation sites (N-methyl/N-ethyl adjacent to an activating group) is 2. The standard InChI is InChI=1S/C4H12N2.C2H8N2.CH4/c1-5-3-4-6-2;3-1-2-4;/h5-6H,3-4H2,1-2H3;1-4H2;1H4. The van der Waals surface area contributed by atoms with Crippen molar-refractivity contribution in [3.8, 4) is 0 Å². The Morgan fingerprint density at radius 2 is 1.18 bits per heavy atom. The molecule has 0 aromatic rings. The molecule has 0 heterocycles. The zero-order valence-electron chi connectivity index (χ0n) is 6.98. The van der Waals surface area contributed by atoms with Crippen LogP contribution in [0.15, 0.2) is 0 Å². The van der Waals surface area contributed by atoms with Gasteiger partial charge in [0.1, 0.15) is 0 Å². The van der Waals surface area contributed by atoms with Gasteiger partial charge in [0.15, 0.2) is 0 Å². The number of hydrogen-bond donors (Lipinski definition) is 4. The van der Waals surface area contributed by atoms with E-state index in [4.69, 9.17) is 11.5 Å². The molecule has 0 aromatic heterocycles. The molecule has 0 unspecified atom stereocenters. The molecule has 0 spiro atoms.